The van der Waals surface area contributed by atoms with Crippen molar-refractivity contribution in [1.29, 1.82) is 0 Å². The lowest BCUT2D eigenvalue weighted by Crippen LogP contribution is -2.42. The van der Waals surface area contributed by atoms with Crippen molar-refractivity contribution >= 4 is 63.8 Å². The summed E-state index contributed by atoms with van der Waals surface area (Å²) in [7, 11) is 1.48. The quantitative estimate of drug-likeness (QED) is 0.200. The van der Waals surface area contributed by atoms with Crippen molar-refractivity contribution in [3.05, 3.63) is 97.4 Å². The number of thioether (sulfide) groups is 1. The SMILES string of the molecule is COc1cc([C@@H]2c3sc(=O)[nH]c3S[C@@H]3[C@@H]4C[C@@H]([C@@H]5C(=O)N(c6cccc(C(F)(F)F)c6)C(=O)[C@@H]45)[C@H]23)ccc1OCC(=O)Nc1ccc(Cl)cc1. The van der Waals surface area contributed by atoms with Gasteiger partial charge in [0.05, 0.1) is 35.2 Å². The van der Waals surface area contributed by atoms with Gasteiger partial charge in [-0.05, 0) is 84.3 Å². The van der Waals surface area contributed by atoms with E-state index in [2.05, 4.69) is 10.3 Å². The van der Waals surface area contributed by atoms with Crippen LogP contribution >= 0.6 is 34.7 Å². The van der Waals surface area contributed by atoms with Crippen LogP contribution < -0.4 is 24.6 Å². The maximum atomic E-state index is 14.0. The summed E-state index contributed by atoms with van der Waals surface area (Å²) < 4.78 is 52.1. The Morgan fingerprint density at radius 2 is 1.74 bits per heavy atom. The number of nitrogens with zero attached hydrogens (tertiary/aromatic N) is 1. The highest BCUT2D eigenvalue weighted by Crippen LogP contribution is 2.69. The Morgan fingerprint density at radius 1 is 1.00 bits per heavy atom. The molecular formula is C35H27ClF3N3O6S2. The minimum absolute atomic E-state index is 0.0820. The Kier molecular flexibility index (Phi) is 8.03. The summed E-state index contributed by atoms with van der Waals surface area (Å²) in [6, 6.07) is 16.3. The van der Waals surface area contributed by atoms with Gasteiger partial charge in [0.25, 0.3) is 5.91 Å². The molecule has 4 aromatic rings. The number of nitrogens with one attached hydrogen (secondary N) is 2. The first-order chi connectivity index (χ1) is 23.9. The molecule has 0 radical (unpaired) electrons. The van der Waals surface area contributed by atoms with Gasteiger partial charge in [0.2, 0.25) is 11.8 Å². The number of carbonyl (C=O) groups excluding carboxylic acids is 3. The van der Waals surface area contributed by atoms with Crippen LogP contribution in [0, 0.1) is 29.6 Å². The third-order valence-corrected chi connectivity index (χ3v) is 13.0. The molecule has 2 saturated carbocycles. The van der Waals surface area contributed by atoms with Crippen LogP contribution in [0.2, 0.25) is 5.02 Å². The molecule has 3 heterocycles. The second kappa shape index (κ2) is 12.2. The number of hydrogen-bond acceptors (Lipinski definition) is 8. The summed E-state index contributed by atoms with van der Waals surface area (Å²) >= 11 is 8.52. The average molecular weight is 742 g/mol. The molecule has 50 heavy (non-hydrogen) atoms. The van der Waals surface area contributed by atoms with E-state index in [0.717, 1.165) is 38.8 Å². The molecule has 9 nitrogen and oxygen atoms in total. The van der Waals surface area contributed by atoms with Crippen LogP contribution in [0.25, 0.3) is 0 Å². The van der Waals surface area contributed by atoms with E-state index in [-0.39, 0.29) is 52.0 Å². The number of aromatic nitrogens is 1. The minimum Gasteiger partial charge on any atom is -0.493 e. The molecule has 7 atom stereocenters. The molecule has 2 aliphatic carbocycles. The van der Waals surface area contributed by atoms with Gasteiger partial charge in [-0.2, -0.15) is 13.2 Å². The van der Waals surface area contributed by atoms with Crippen LogP contribution in [0.15, 0.2) is 76.6 Å². The van der Waals surface area contributed by atoms with E-state index < -0.39 is 35.4 Å². The summed E-state index contributed by atoms with van der Waals surface area (Å²) in [5.74, 6) is -2.95. The highest BCUT2D eigenvalue weighted by Gasteiger charge is 2.69. The van der Waals surface area contributed by atoms with Crippen LogP contribution in [0.3, 0.4) is 0 Å². The number of halogens is 4. The van der Waals surface area contributed by atoms with Gasteiger partial charge >= 0.3 is 11.0 Å². The maximum Gasteiger partial charge on any atom is 0.416 e. The van der Waals surface area contributed by atoms with Crippen molar-refractivity contribution in [3.8, 4) is 11.5 Å². The number of amides is 3. The summed E-state index contributed by atoms with van der Waals surface area (Å²) in [5, 5.41) is 3.86. The van der Waals surface area contributed by atoms with E-state index in [0.29, 0.717) is 33.7 Å². The molecule has 0 unspecified atom stereocenters. The van der Waals surface area contributed by atoms with Gasteiger partial charge in [-0.1, -0.05) is 35.1 Å². The summed E-state index contributed by atoms with van der Waals surface area (Å²) in [5.41, 5.74) is 0.352. The lowest BCUT2D eigenvalue weighted by Gasteiger charge is -2.43. The Balaban J connectivity index is 1.09. The second-order valence-corrected chi connectivity index (χ2v) is 15.4. The zero-order chi connectivity index (χ0) is 35.1. The van der Waals surface area contributed by atoms with E-state index in [1.165, 1.54) is 31.0 Å². The minimum atomic E-state index is -4.63. The number of methoxy groups -OCH3 is 1. The molecule has 1 aromatic heterocycles. The van der Waals surface area contributed by atoms with Crippen LogP contribution in [-0.4, -0.2) is 41.7 Å². The molecule has 3 fully saturated rings. The predicted octanol–water partition coefficient (Wildman–Crippen LogP) is 6.81. The van der Waals surface area contributed by atoms with Gasteiger partial charge in [0.15, 0.2) is 18.1 Å². The number of H-pyrrole nitrogens is 1. The molecule has 1 saturated heterocycles. The first-order valence-electron chi connectivity index (χ1n) is 15.7. The lowest BCUT2D eigenvalue weighted by atomic mass is 9.68. The van der Waals surface area contributed by atoms with Crippen molar-refractivity contribution < 1.29 is 37.0 Å². The van der Waals surface area contributed by atoms with E-state index >= 15 is 0 Å². The summed E-state index contributed by atoms with van der Waals surface area (Å²) in [6.45, 7) is -0.294. The second-order valence-electron chi connectivity index (χ2n) is 12.8. The van der Waals surface area contributed by atoms with E-state index in [9.17, 15) is 32.3 Å². The third kappa shape index (κ3) is 5.39. The third-order valence-electron chi connectivity index (χ3n) is 10.2. The maximum absolute atomic E-state index is 14.0. The Morgan fingerprint density at radius 3 is 2.46 bits per heavy atom. The monoisotopic (exact) mass is 741 g/mol. The largest absolute Gasteiger partial charge is 0.493 e. The van der Waals surface area contributed by atoms with Crippen LogP contribution in [0.1, 0.15) is 28.3 Å². The number of rotatable bonds is 7. The molecule has 2 bridgehead atoms. The number of carbonyl (C=O) groups is 3. The number of thiazole rings is 1. The summed E-state index contributed by atoms with van der Waals surface area (Å²) in [6.07, 6.45) is -4.02. The fraction of sp³-hybridized carbons (Fsp3) is 0.314. The van der Waals surface area contributed by atoms with E-state index in [4.69, 9.17) is 21.1 Å². The van der Waals surface area contributed by atoms with Crippen LogP contribution in [0.5, 0.6) is 11.5 Å². The number of alkyl halides is 3. The lowest BCUT2D eigenvalue weighted by molar-refractivity contribution is -0.137. The number of aromatic amines is 1. The number of benzene rings is 3. The van der Waals surface area contributed by atoms with Crippen molar-refractivity contribution in [1.82, 2.24) is 4.98 Å². The van der Waals surface area contributed by atoms with Crippen molar-refractivity contribution in [2.75, 3.05) is 23.9 Å². The first-order valence-corrected chi connectivity index (χ1v) is 17.8. The van der Waals surface area contributed by atoms with Gasteiger partial charge in [-0.15, -0.1) is 11.8 Å². The van der Waals surface area contributed by atoms with E-state index in [1.807, 2.05) is 6.07 Å². The smallest absolute Gasteiger partial charge is 0.416 e. The fourth-order valence-electron chi connectivity index (χ4n) is 8.34. The summed E-state index contributed by atoms with van der Waals surface area (Å²) in [4.78, 5) is 57.6. The topological polar surface area (TPSA) is 118 Å². The molecule has 3 amide bonds. The van der Waals surface area contributed by atoms with Gasteiger partial charge in [0, 0.05) is 26.8 Å². The van der Waals surface area contributed by atoms with Crippen molar-refractivity contribution in [2.45, 2.75) is 28.8 Å². The molecule has 258 valence electrons. The highest BCUT2D eigenvalue weighted by atomic mass is 35.5. The van der Waals surface area contributed by atoms with Gasteiger partial charge in [-0.3, -0.25) is 24.1 Å². The number of ether oxygens (including phenoxy) is 2. The zero-order valence-electron chi connectivity index (χ0n) is 26.0. The normalized spacial score (nSPS) is 26.4. The first kappa shape index (κ1) is 32.9. The van der Waals surface area contributed by atoms with Gasteiger partial charge in [-0.25, -0.2) is 0 Å². The van der Waals surface area contributed by atoms with Gasteiger partial charge in [0.1, 0.15) is 0 Å². The molecule has 4 aliphatic rings. The molecule has 2 N–H and O–H groups in total. The van der Waals surface area contributed by atoms with Crippen LogP contribution in [-0.2, 0) is 20.6 Å². The standard InChI is InChI=1S/C35H27ClF3N3O6S2/c1-47-23-11-15(5-10-22(23)48-14-24(43)40-18-8-6-17(36)7-9-18)25-26-20-13-21(29(26)49-31-30(25)50-34(46)41-31)28-27(20)32(44)42(33(28)45)19-4-2-3-16(12-19)35(37,38)39/h2-12,20-21,25-29H,13-14H2,1H3,(H,40,43)(H,41,46)/t20-,21-,25+,26-,27+,28+,29-/m1/s1. The van der Waals surface area contributed by atoms with Gasteiger partial charge < -0.3 is 19.8 Å². The van der Waals surface area contributed by atoms with Crippen LogP contribution in [0.4, 0.5) is 24.5 Å². The van der Waals surface area contributed by atoms with Crippen molar-refractivity contribution in [2.24, 2.45) is 29.6 Å². The number of anilines is 2. The average Bonchev–Trinajstić information content (AvgIpc) is 3.83. The number of fused-ring (bicyclic) bond motifs is 9. The fourth-order valence-corrected chi connectivity index (χ4v) is 11.4. The highest BCUT2D eigenvalue weighted by molar-refractivity contribution is 8.00. The molecule has 3 aromatic carbocycles. The Bertz CT molecular complexity index is 2100. The molecule has 15 heteroatoms. The van der Waals surface area contributed by atoms with E-state index in [1.54, 1.807) is 36.4 Å². The zero-order valence-corrected chi connectivity index (χ0v) is 28.4. The Hall–Kier alpha value is -4.27. The number of imide groups is 1. The molecular weight excluding hydrogens is 715 g/mol. The van der Waals surface area contributed by atoms with Crippen molar-refractivity contribution in [3.63, 3.8) is 0 Å². The molecule has 2 aliphatic heterocycles. The number of hydrogen-bond donors (Lipinski definition) is 2. The predicted molar refractivity (Wildman–Crippen MR) is 181 cm³/mol. The Labute approximate surface area is 296 Å². The molecule has 0 spiro atoms. The molecule has 8 rings (SSSR count).